The van der Waals surface area contributed by atoms with Crippen LogP contribution in [0.5, 0.6) is 0 Å². The van der Waals surface area contributed by atoms with E-state index in [1.165, 1.54) is 4.90 Å². The number of carbonyl (C=O) groups is 1. The lowest BCUT2D eigenvalue weighted by Crippen LogP contribution is -2.53. The van der Waals surface area contributed by atoms with E-state index in [-0.39, 0.29) is 19.5 Å². The van der Waals surface area contributed by atoms with Crippen LogP contribution in [0.3, 0.4) is 0 Å². The molecule has 1 fully saturated rings. The lowest BCUT2D eigenvalue weighted by molar-refractivity contribution is -0.216. The number of carbonyl (C=O) groups excluding carboxylic acids is 1. The summed E-state index contributed by atoms with van der Waals surface area (Å²) in [6.45, 7) is 0.704. The summed E-state index contributed by atoms with van der Waals surface area (Å²) in [5.41, 5.74) is 0.170. The zero-order valence-electron chi connectivity index (χ0n) is 14.9. The highest BCUT2D eigenvalue weighted by molar-refractivity contribution is 6.00. The fourth-order valence-corrected chi connectivity index (χ4v) is 4.20. The Bertz CT molecular complexity index is 837. The van der Waals surface area contributed by atoms with Gasteiger partial charge in [0, 0.05) is 25.3 Å². The number of halogens is 3. The quantitative estimate of drug-likeness (QED) is 0.810. The minimum Gasteiger partial charge on any atom is -0.311 e. The molecule has 6 heteroatoms. The molecular weight excluding hydrogens is 353 g/mol. The van der Waals surface area contributed by atoms with Crippen molar-refractivity contribution >= 4 is 11.6 Å². The molecule has 0 radical (unpaired) electrons. The van der Waals surface area contributed by atoms with E-state index in [0.717, 1.165) is 11.1 Å². The number of amides is 1. The number of hydrogen-bond donors (Lipinski definition) is 0. The van der Waals surface area contributed by atoms with Crippen molar-refractivity contribution in [1.82, 2.24) is 4.90 Å². The number of hydrogen-bond acceptors (Lipinski definition) is 2. The molecule has 3 nitrogen and oxygen atoms in total. The maximum Gasteiger partial charge on any atom is 0.404 e. The monoisotopic (exact) mass is 374 g/mol. The number of likely N-dealkylation sites (tertiary alicyclic amines) is 1. The van der Waals surface area contributed by atoms with E-state index in [4.69, 9.17) is 0 Å². The average Bonchev–Trinajstić information content (AvgIpc) is 3.27. The van der Waals surface area contributed by atoms with Crippen LogP contribution in [0.25, 0.3) is 0 Å². The molecule has 0 N–H and O–H groups in total. The molecule has 0 aromatic heterocycles. The smallest absolute Gasteiger partial charge is 0.311 e. The molecule has 0 unspecified atom stereocenters. The minimum atomic E-state index is -4.58. The molecule has 2 aromatic rings. The van der Waals surface area contributed by atoms with Crippen molar-refractivity contribution in [3.63, 3.8) is 0 Å². The maximum absolute atomic E-state index is 14.1. The zero-order valence-corrected chi connectivity index (χ0v) is 14.9. The molecule has 0 aliphatic carbocycles. The van der Waals surface area contributed by atoms with Crippen LogP contribution in [0.1, 0.15) is 17.5 Å². The van der Waals surface area contributed by atoms with Crippen molar-refractivity contribution in [2.75, 3.05) is 24.5 Å². The first-order valence-corrected chi connectivity index (χ1v) is 9.14. The summed E-state index contributed by atoms with van der Waals surface area (Å²) in [6.07, 6.45) is -4.17. The third-order valence-corrected chi connectivity index (χ3v) is 5.68. The van der Waals surface area contributed by atoms with Gasteiger partial charge in [0.05, 0.1) is 0 Å². The third kappa shape index (κ3) is 3.12. The molecule has 2 aliphatic rings. The molecule has 4 rings (SSSR count). The van der Waals surface area contributed by atoms with Crippen LogP contribution in [0.2, 0.25) is 0 Å². The largest absolute Gasteiger partial charge is 0.404 e. The van der Waals surface area contributed by atoms with E-state index in [2.05, 4.69) is 0 Å². The number of para-hydroxylation sites is 1. The second kappa shape index (κ2) is 6.68. The van der Waals surface area contributed by atoms with Crippen molar-refractivity contribution in [2.24, 2.45) is 5.41 Å². The first-order chi connectivity index (χ1) is 12.9. The molecular formula is C21H21F3N2O. The number of nitrogens with zero attached hydrogens (tertiary/aromatic N) is 2. The van der Waals surface area contributed by atoms with E-state index >= 15 is 0 Å². The van der Waals surface area contributed by atoms with Gasteiger partial charge >= 0.3 is 6.18 Å². The van der Waals surface area contributed by atoms with Crippen LogP contribution in [0.4, 0.5) is 18.9 Å². The Balaban J connectivity index is 1.60. The molecule has 2 heterocycles. The fourth-order valence-electron chi connectivity index (χ4n) is 4.20. The summed E-state index contributed by atoms with van der Waals surface area (Å²) in [5.74, 6) is -0.810. The highest BCUT2D eigenvalue weighted by atomic mass is 19.4. The maximum atomic E-state index is 14.1. The SMILES string of the molecule is O=C(N1CCc2ccccc21)[C@@]1(C(F)(F)F)CCN(Cc2ccccc2)C1. The summed E-state index contributed by atoms with van der Waals surface area (Å²) in [6, 6.07) is 16.6. The van der Waals surface area contributed by atoms with Gasteiger partial charge in [-0.05, 0) is 36.6 Å². The van der Waals surface area contributed by atoms with Gasteiger partial charge in [0.2, 0.25) is 5.91 Å². The van der Waals surface area contributed by atoms with E-state index in [9.17, 15) is 18.0 Å². The predicted molar refractivity (Wildman–Crippen MR) is 97.3 cm³/mol. The lowest BCUT2D eigenvalue weighted by atomic mass is 9.84. The molecule has 27 heavy (non-hydrogen) atoms. The highest BCUT2D eigenvalue weighted by Crippen LogP contribution is 2.48. The molecule has 0 bridgehead atoms. The van der Waals surface area contributed by atoms with E-state index in [1.807, 2.05) is 42.5 Å². The van der Waals surface area contributed by atoms with Crippen LogP contribution in [0, 0.1) is 5.41 Å². The number of rotatable bonds is 3. The molecule has 2 aromatic carbocycles. The minimum absolute atomic E-state index is 0.194. The Morgan fingerprint density at radius 2 is 1.70 bits per heavy atom. The first kappa shape index (κ1) is 18.0. The Morgan fingerprint density at radius 1 is 1.00 bits per heavy atom. The van der Waals surface area contributed by atoms with Crippen molar-refractivity contribution in [1.29, 1.82) is 0 Å². The molecule has 142 valence electrons. The van der Waals surface area contributed by atoms with Crippen molar-refractivity contribution < 1.29 is 18.0 Å². The van der Waals surface area contributed by atoms with Gasteiger partial charge in [-0.1, -0.05) is 48.5 Å². The summed E-state index contributed by atoms with van der Waals surface area (Å²) in [4.78, 5) is 16.2. The van der Waals surface area contributed by atoms with E-state index in [0.29, 0.717) is 25.2 Å². The molecule has 1 atom stereocenters. The van der Waals surface area contributed by atoms with Crippen molar-refractivity contribution in [2.45, 2.75) is 25.6 Å². The van der Waals surface area contributed by atoms with Crippen molar-refractivity contribution in [3.05, 3.63) is 65.7 Å². The van der Waals surface area contributed by atoms with Gasteiger partial charge in [0.15, 0.2) is 5.41 Å². The Labute approximate surface area is 156 Å². The Kier molecular flexibility index (Phi) is 4.46. The lowest BCUT2D eigenvalue weighted by Gasteiger charge is -2.34. The van der Waals surface area contributed by atoms with Gasteiger partial charge < -0.3 is 4.90 Å². The van der Waals surface area contributed by atoms with Gasteiger partial charge in [0.25, 0.3) is 0 Å². The summed E-state index contributed by atoms with van der Waals surface area (Å²) < 4.78 is 42.4. The molecule has 0 spiro atoms. The van der Waals surface area contributed by atoms with Crippen LogP contribution < -0.4 is 4.90 Å². The normalized spacial score (nSPS) is 22.9. The molecule has 1 saturated heterocycles. The van der Waals surface area contributed by atoms with Crippen LogP contribution >= 0.6 is 0 Å². The molecule has 1 amide bonds. The van der Waals surface area contributed by atoms with Crippen molar-refractivity contribution in [3.8, 4) is 0 Å². The van der Waals surface area contributed by atoms with E-state index < -0.39 is 17.5 Å². The Hall–Kier alpha value is -2.34. The molecule has 2 aliphatic heterocycles. The zero-order chi connectivity index (χ0) is 19.1. The first-order valence-electron chi connectivity index (χ1n) is 9.14. The van der Waals surface area contributed by atoms with Gasteiger partial charge in [-0.25, -0.2) is 0 Å². The number of fused-ring (bicyclic) bond motifs is 1. The second-order valence-corrected chi connectivity index (χ2v) is 7.36. The standard InChI is InChI=1S/C21H21F3N2O/c22-21(23,24)20(11-13-25(15-20)14-16-6-2-1-3-7-16)19(27)26-12-10-17-8-4-5-9-18(17)26/h1-9H,10-15H2/t20-/m1/s1. The number of anilines is 1. The summed E-state index contributed by atoms with van der Waals surface area (Å²) in [5, 5.41) is 0. The van der Waals surface area contributed by atoms with Crippen LogP contribution in [-0.4, -0.2) is 36.6 Å². The number of alkyl halides is 3. The van der Waals surface area contributed by atoms with Crippen LogP contribution in [-0.2, 0) is 17.8 Å². The van der Waals surface area contributed by atoms with Gasteiger partial charge in [-0.3, -0.25) is 9.69 Å². The number of benzene rings is 2. The Morgan fingerprint density at radius 3 is 2.44 bits per heavy atom. The second-order valence-electron chi connectivity index (χ2n) is 7.36. The molecule has 0 saturated carbocycles. The predicted octanol–water partition coefficient (Wildman–Crippen LogP) is 4.03. The average molecular weight is 374 g/mol. The van der Waals surface area contributed by atoms with Crippen LogP contribution in [0.15, 0.2) is 54.6 Å². The van der Waals surface area contributed by atoms with E-state index in [1.54, 1.807) is 17.0 Å². The third-order valence-electron chi connectivity index (χ3n) is 5.68. The topological polar surface area (TPSA) is 23.6 Å². The van der Waals surface area contributed by atoms with Gasteiger partial charge in [0.1, 0.15) is 0 Å². The fraction of sp³-hybridized carbons (Fsp3) is 0.381. The van der Waals surface area contributed by atoms with Gasteiger partial charge in [-0.2, -0.15) is 13.2 Å². The van der Waals surface area contributed by atoms with Gasteiger partial charge in [-0.15, -0.1) is 0 Å². The highest BCUT2D eigenvalue weighted by Gasteiger charge is 2.64. The summed E-state index contributed by atoms with van der Waals surface area (Å²) in [7, 11) is 0. The summed E-state index contributed by atoms with van der Waals surface area (Å²) >= 11 is 0.